The van der Waals surface area contributed by atoms with Crippen LogP contribution in [0, 0.1) is 0 Å². The molecule has 0 aliphatic carbocycles. The van der Waals surface area contributed by atoms with Gasteiger partial charge in [0.1, 0.15) is 11.8 Å². The lowest BCUT2D eigenvalue weighted by molar-refractivity contribution is -0.139. The normalized spacial score (nSPS) is 16.6. The molecule has 1 aliphatic heterocycles. The molecule has 28 heavy (non-hydrogen) atoms. The van der Waals surface area contributed by atoms with Crippen molar-refractivity contribution in [3.63, 3.8) is 0 Å². The van der Waals surface area contributed by atoms with E-state index in [1.165, 1.54) is 28.4 Å². The zero-order valence-corrected chi connectivity index (χ0v) is 19.1. The standard InChI is InChI=1S/C16H21Br2N3O6S/c1-27-15-11(17)8-10(9-12(15)18)28(25,26)21-6-4-20(5-7-21)14(22)3-2-13(19)16(23)24/h8-9,13H,2-7,19H2,1H3,(H,23,24)/t13-/m0/s1. The van der Waals surface area contributed by atoms with E-state index in [1.54, 1.807) is 0 Å². The SMILES string of the molecule is COc1c(Br)cc(S(=O)(=O)N2CCN(C(=O)CC[C@H](N)C(=O)O)CC2)cc1Br. The lowest BCUT2D eigenvalue weighted by Gasteiger charge is -2.34. The largest absolute Gasteiger partial charge is 0.494 e. The Morgan fingerprint density at radius 1 is 1.21 bits per heavy atom. The fourth-order valence-electron chi connectivity index (χ4n) is 2.77. The average molecular weight is 543 g/mol. The number of carbonyl (C=O) groups excluding carboxylic acids is 1. The van der Waals surface area contributed by atoms with E-state index >= 15 is 0 Å². The van der Waals surface area contributed by atoms with Crippen molar-refractivity contribution >= 4 is 53.8 Å². The van der Waals surface area contributed by atoms with E-state index in [9.17, 15) is 18.0 Å². The summed E-state index contributed by atoms with van der Waals surface area (Å²) < 4.78 is 33.4. The summed E-state index contributed by atoms with van der Waals surface area (Å²) in [6.45, 7) is 0.776. The van der Waals surface area contributed by atoms with Crippen molar-refractivity contribution in [2.75, 3.05) is 33.3 Å². The van der Waals surface area contributed by atoms with Crippen molar-refractivity contribution in [3.05, 3.63) is 21.1 Å². The van der Waals surface area contributed by atoms with Crippen LogP contribution in [0.25, 0.3) is 0 Å². The van der Waals surface area contributed by atoms with E-state index < -0.39 is 22.0 Å². The summed E-state index contributed by atoms with van der Waals surface area (Å²) in [6.07, 6.45) is 0.0547. The van der Waals surface area contributed by atoms with Crippen LogP contribution >= 0.6 is 31.9 Å². The number of piperazine rings is 1. The topological polar surface area (TPSA) is 130 Å². The van der Waals surface area contributed by atoms with Gasteiger partial charge in [0.2, 0.25) is 15.9 Å². The third-order valence-corrected chi connectivity index (χ3v) is 7.45. The van der Waals surface area contributed by atoms with E-state index in [0.717, 1.165) is 0 Å². The van der Waals surface area contributed by atoms with E-state index in [0.29, 0.717) is 14.7 Å². The number of halogens is 2. The van der Waals surface area contributed by atoms with Gasteiger partial charge in [-0.25, -0.2) is 8.42 Å². The number of sulfonamides is 1. The highest BCUT2D eigenvalue weighted by Gasteiger charge is 2.31. The maximum Gasteiger partial charge on any atom is 0.320 e. The number of carboxylic acids is 1. The third-order valence-electron chi connectivity index (χ3n) is 4.39. The van der Waals surface area contributed by atoms with Gasteiger partial charge in [-0.2, -0.15) is 4.31 Å². The lowest BCUT2D eigenvalue weighted by atomic mass is 10.1. The summed E-state index contributed by atoms with van der Waals surface area (Å²) in [5, 5.41) is 8.77. The smallest absolute Gasteiger partial charge is 0.320 e. The number of carbonyl (C=O) groups is 2. The molecule has 1 fully saturated rings. The number of ether oxygens (including phenoxy) is 1. The van der Waals surface area contributed by atoms with Crippen molar-refractivity contribution in [1.29, 1.82) is 0 Å². The van der Waals surface area contributed by atoms with Crippen molar-refractivity contribution < 1.29 is 27.9 Å². The summed E-state index contributed by atoms with van der Waals surface area (Å²) in [4.78, 5) is 24.6. The van der Waals surface area contributed by atoms with Gasteiger partial charge < -0.3 is 20.5 Å². The van der Waals surface area contributed by atoms with Gasteiger partial charge in [0, 0.05) is 32.6 Å². The molecule has 156 valence electrons. The van der Waals surface area contributed by atoms with Gasteiger partial charge in [0.25, 0.3) is 0 Å². The number of methoxy groups -OCH3 is 1. The zero-order chi connectivity index (χ0) is 21.1. The molecule has 0 bridgehead atoms. The number of carboxylic acid groups (broad SMARTS) is 1. The van der Waals surface area contributed by atoms with Crippen LogP contribution in [-0.4, -0.2) is 73.9 Å². The van der Waals surface area contributed by atoms with E-state index in [4.69, 9.17) is 15.6 Å². The summed E-state index contributed by atoms with van der Waals surface area (Å²) in [5.41, 5.74) is 5.41. The summed E-state index contributed by atoms with van der Waals surface area (Å²) >= 11 is 6.60. The molecule has 1 saturated heterocycles. The molecule has 2 rings (SSSR count). The highest BCUT2D eigenvalue weighted by atomic mass is 79.9. The predicted octanol–water partition coefficient (Wildman–Crippen LogP) is 1.25. The van der Waals surface area contributed by atoms with Crippen molar-refractivity contribution in [1.82, 2.24) is 9.21 Å². The van der Waals surface area contributed by atoms with Gasteiger partial charge in [-0.05, 0) is 50.4 Å². The maximum absolute atomic E-state index is 12.9. The highest BCUT2D eigenvalue weighted by molar-refractivity contribution is 9.11. The highest BCUT2D eigenvalue weighted by Crippen LogP contribution is 2.36. The first-order valence-corrected chi connectivity index (χ1v) is 11.4. The van der Waals surface area contributed by atoms with Crippen LogP contribution in [0.1, 0.15) is 12.8 Å². The van der Waals surface area contributed by atoms with Gasteiger partial charge in [-0.15, -0.1) is 0 Å². The third kappa shape index (κ3) is 5.23. The molecule has 0 saturated carbocycles. The number of amides is 1. The predicted molar refractivity (Wildman–Crippen MR) is 109 cm³/mol. The molecule has 0 radical (unpaired) electrons. The lowest BCUT2D eigenvalue weighted by Crippen LogP contribution is -2.50. The number of nitrogens with two attached hydrogens (primary N) is 1. The van der Waals surface area contributed by atoms with Gasteiger partial charge in [-0.3, -0.25) is 9.59 Å². The molecule has 9 nitrogen and oxygen atoms in total. The second-order valence-electron chi connectivity index (χ2n) is 6.19. The number of hydrogen-bond acceptors (Lipinski definition) is 6. The van der Waals surface area contributed by atoms with Gasteiger partial charge in [-0.1, -0.05) is 0 Å². The van der Waals surface area contributed by atoms with Crippen LogP contribution in [0.4, 0.5) is 0 Å². The number of aliphatic carboxylic acids is 1. The number of rotatable bonds is 7. The minimum atomic E-state index is -3.74. The number of hydrogen-bond donors (Lipinski definition) is 2. The van der Waals surface area contributed by atoms with Crippen molar-refractivity contribution in [3.8, 4) is 5.75 Å². The quantitative estimate of drug-likeness (QED) is 0.530. The molecular weight excluding hydrogens is 522 g/mol. The minimum Gasteiger partial charge on any atom is -0.494 e. The zero-order valence-electron chi connectivity index (χ0n) is 15.1. The fourth-order valence-corrected chi connectivity index (χ4v) is 6.06. The monoisotopic (exact) mass is 541 g/mol. The molecule has 0 spiro atoms. The van der Waals surface area contributed by atoms with E-state index in [2.05, 4.69) is 31.9 Å². The Morgan fingerprint density at radius 3 is 2.21 bits per heavy atom. The minimum absolute atomic E-state index is 0.0125. The van der Waals surface area contributed by atoms with Gasteiger partial charge in [0.15, 0.2) is 0 Å². The molecule has 1 amide bonds. The molecule has 0 unspecified atom stereocenters. The molecular formula is C16H21Br2N3O6S. The summed E-state index contributed by atoms with van der Waals surface area (Å²) in [6, 6.07) is 1.87. The molecule has 3 N–H and O–H groups in total. The Balaban J connectivity index is 2.02. The first-order chi connectivity index (χ1) is 13.1. The molecule has 1 aromatic carbocycles. The van der Waals surface area contributed by atoms with Crippen LogP contribution in [0.2, 0.25) is 0 Å². The number of nitrogens with zero attached hydrogens (tertiary/aromatic N) is 2. The Bertz CT molecular complexity index is 833. The van der Waals surface area contributed by atoms with Crippen LogP contribution in [0.15, 0.2) is 26.0 Å². The second-order valence-corrected chi connectivity index (χ2v) is 9.84. The van der Waals surface area contributed by atoms with Crippen molar-refractivity contribution in [2.24, 2.45) is 5.73 Å². The Labute approximate surface area is 180 Å². The summed E-state index contributed by atoms with van der Waals surface area (Å²) in [7, 11) is -2.25. The van der Waals surface area contributed by atoms with Crippen LogP contribution in [0.3, 0.4) is 0 Å². The molecule has 1 atom stereocenters. The average Bonchev–Trinajstić information content (AvgIpc) is 2.65. The van der Waals surface area contributed by atoms with Crippen LogP contribution < -0.4 is 10.5 Å². The molecule has 1 aliphatic rings. The first kappa shape index (κ1) is 23.1. The summed E-state index contributed by atoms with van der Waals surface area (Å²) in [5.74, 6) is -0.891. The Hall–Kier alpha value is -1.21. The second kappa shape index (κ2) is 9.53. The fraction of sp³-hybridized carbons (Fsp3) is 0.500. The first-order valence-electron chi connectivity index (χ1n) is 8.37. The van der Waals surface area contributed by atoms with Gasteiger partial charge >= 0.3 is 5.97 Å². The van der Waals surface area contributed by atoms with Crippen LogP contribution in [0.5, 0.6) is 5.75 Å². The van der Waals surface area contributed by atoms with Crippen LogP contribution in [-0.2, 0) is 19.6 Å². The van der Waals surface area contributed by atoms with E-state index in [1.807, 2.05) is 0 Å². The number of benzene rings is 1. The molecule has 1 aromatic rings. The maximum atomic E-state index is 12.9. The Morgan fingerprint density at radius 2 is 1.75 bits per heavy atom. The molecule has 1 heterocycles. The molecule has 0 aromatic heterocycles. The van der Waals surface area contributed by atoms with E-state index in [-0.39, 0.29) is 49.8 Å². The van der Waals surface area contributed by atoms with Crippen molar-refractivity contribution in [2.45, 2.75) is 23.8 Å². The van der Waals surface area contributed by atoms with Gasteiger partial charge in [0.05, 0.1) is 21.0 Å². The molecule has 12 heteroatoms. The Kier molecular flexibility index (Phi) is 7.85.